The molecule has 7 heterocycles. The molecular weight excluding hydrogens is 852 g/mol. The van der Waals surface area contributed by atoms with Crippen LogP contribution in [0.15, 0.2) is 48.3 Å². The Morgan fingerprint density at radius 2 is 1.72 bits per heavy atom. The minimum absolute atomic E-state index is 0.123. The first-order chi connectivity index (χ1) is 25.2. The van der Waals surface area contributed by atoms with Crippen molar-refractivity contribution in [3.63, 3.8) is 0 Å². The van der Waals surface area contributed by atoms with Crippen LogP contribution in [-0.2, 0) is 64.0 Å². The number of hydrogen-bond acceptors (Lipinski definition) is 15. The van der Waals surface area contributed by atoms with Crippen LogP contribution in [0, 0.1) is 12.8 Å². The fraction of sp³-hybridized carbons (Fsp3) is 0.448. The normalized spacial score (nSPS) is 33.6. The minimum Gasteiger partial charge on any atom is -0.346 e. The maximum absolute atomic E-state index is 16.7. The Labute approximate surface area is 330 Å². The molecule has 0 radical (unpaired) electrons. The van der Waals surface area contributed by atoms with Crippen molar-refractivity contribution in [2.24, 2.45) is 13.0 Å². The summed E-state index contributed by atoms with van der Waals surface area (Å²) in [7, 11) is 1.58. The molecule has 15 nitrogen and oxygen atoms in total. The van der Waals surface area contributed by atoms with Gasteiger partial charge in [0, 0.05) is 28.8 Å². The average molecular weight is 882 g/mol. The van der Waals surface area contributed by atoms with E-state index in [1.54, 1.807) is 36.7 Å². The van der Waals surface area contributed by atoms with Crippen LogP contribution < -0.4 is 5.56 Å². The molecule has 2 unspecified atom stereocenters. The van der Waals surface area contributed by atoms with E-state index in [1.165, 1.54) is 45.8 Å². The van der Waals surface area contributed by atoms with Gasteiger partial charge in [0.15, 0.2) is 41.7 Å². The highest BCUT2D eigenvalue weighted by molar-refractivity contribution is 8.67. The number of hydrogen-bond donors (Lipinski definition) is 1. The molecule has 8 rings (SSSR count). The van der Waals surface area contributed by atoms with Gasteiger partial charge in [-0.3, -0.25) is 18.5 Å². The first kappa shape index (κ1) is 38.3. The van der Waals surface area contributed by atoms with Gasteiger partial charge in [-0.05, 0) is 48.2 Å². The Morgan fingerprint density at radius 1 is 0.981 bits per heavy atom. The van der Waals surface area contributed by atoms with Crippen LogP contribution in [0.4, 0.5) is 4.39 Å². The third-order valence-electron chi connectivity index (χ3n) is 9.04. The summed E-state index contributed by atoms with van der Waals surface area (Å²) in [5.74, 6) is -0.292. The fourth-order valence-corrected chi connectivity index (χ4v) is 13.5. The van der Waals surface area contributed by atoms with Crippen molar-refractivity contribution in [3.05, 3.63) is 75.2 Å². The fourth-order valence-electron chi connectivity index (χ4n) is 6.27. The van der Waals surface area contributed by atoms with Crippen LogP contribution in [0.2, 0.25) is 10.0 Å². The molecule has 0 N–H and O–H groups in total. The van der Waals surface area contributed by atoms with Crippen molar-refractivity contribution >= 4 is 104 Å². The highest BCUT2D eigenvalue weighted by atomic mass is 35.5. The number of aryl methyl sites for hydroxylation is 2. The van der Waals surface area contributed by atoms with E-state index >= 15 is 4.39 Å². The Bertz CT molecular complexity index is 2390. The second-order valence-electron chi connectivity index (χ2n) is 12.5. The molecule has 0 saturated carbocycles. The lowest BCUT2D eigenvalue weighted by molar-refractivity contribution is -0.112. The number of fused-ring (bicyclic) bond motifs is 5. The van der Waals surface area contributed by atoms with Crippen molar-refractivity contribution in [3.8, 4) is 0 Å². The molecule has 0 aliphatic carbocycles. The summed E-state index contributed by atoms with van der Waals surface area (Å²) in [6.07, 6.45) is -2.68. The molecule has 3 saturated heterocycles. The van der Waals surface area contributed by atoms with Crippen molar-refractivity contribution in [2.45, 2.75) is 62.8 Å². The third-order valence-corrected chi connectivity index (χ3v) is 16.8. The zero-order valence-corrected chi connectivity index (χ0v) is 34.4. The molecule has 24 heteroatoms. The first-order valence-corrected chi connectivity index (χ1v) is 24.7. The molecule has 2 bridgehead atoms. The summed E-state index contributed by atoms with van der Waals surface area (Å²) in [5, 5.41) is 0.910. The van der Waals surface area contributed by atoms with Gasteiger partial charge in [0.25, 0.3) is 5.56 Å². The van der Waals surface area contributed by atoms with Crippen molar-refractivity contribution in [1.29, 1.82) is 0 Å². The second-order valence-corrected chi connectivity index (χ2v) is 24.8. The number of ether oxygens (including phenoxy) is 2. The summed E-state index contributed by atoms with van der Waals surface area (Å²) in [6.45, 7) is 3.34. The lowest BCUT2D eigenvalue weighted by Gasteiger charge is -2.32. The molecule has 0 amide bonds. The van der Waals surface area contributed by atoms with Gasteiger partial charge in [0.1, 0.15) is 30.2 Å². The lowest BCUT2D eigenvalue weighted by Crippen LogP contribution is -2.35. The van der Waals surface area contributed by atoms with Gasteiger partial charge >= 0.3 is 0 Å². The van der Waals surface area contributed by atoms with E-state index in [9.17, 15) is 4.79 Å². The molecule has 3 aliphatic rings. The summed E-state index contributed by atoms with van der Waals surface area (Å²) in [5.41, 5.74) is -4.74. The van der Waals surface area contributed by atoms with Crippen molar-refractivity contribution in [2.75, 3.05) is 6.61 Å². The number of aromatic nitrogens is 8. The van der Waals surface area contributed by atoms with Crippen LogP contribution in [0.25, 0.3) is 22.3 Å². The van der Waals surface area contributed by atoms with Crippen LogP contribution in [0.1, 0.15) is 30.6 Å². The number of rotatable bonds is 5. The number of imidazole rings is 2. The van der Waals surface area contributed by atoms with Crippen molar-refractivity contribution in [1.82, 2.24) is 38.6 Å². The standard InChI is InChI=1S/C29H29Cl2FN8O7P2S4/c1-13-22-28(40-12-36-21-25(40)37-10-38(3)26(21)41)44-29(13)47-48(50,51)45-23-18(7-42-49(52,46-22)53-8-15-4-5-16(30)6-17(15)31)43-27(19(23)32)39-11-35-20-14(2)33-9-34-24(20)39/h4-6,9-13,18-19,22-23,27-29H,7-8H2,1-3H3,(H,50,51)/t13-,18+,19+,22+,23+,27+,28+,29+,49?/m0/s1. The first-order valence-electron chi connectivity index (χ1n) is 15.9. The number of nitrogens with zero attached hydrogens (tertiary/aromatic N) is 8. The number of alkyl halides is 1. The van der Waals surface area contributed by atoms with E-state index in [-0.39, 0.29) is 29.1 Å². The molecule has 3 aliphatic heterocycles. The van der Waals surface area contributed by atoms with E-state index in [0.717, 1.165) is 5.56 Å². The zero-order valence-electron chi connectivity index (χ0n) is 27.7. The van der Waals surface area contributed by atoms with Crippen LogP contribution in [0.5, 0.6) is 0 Å². The Morgan fingerprint density at radius 3 is 2.49 bits per heavy atom. The molecular formula is C29H29Cl2FN8O7P2S4. The Balaban J connectivity index is 1.17. The molecule has 1 aromatic carbocycles. The van der Waals surface area contributed by atoms with Gasteiger partial charge in [0.2, 0.25) is 11.4 Å². The van der Waals surface area contributed by atoms with E-state index in [4.69, 9.17) is 74.4 Å². The maximum atomic E-state index is 16.7. The molecule has 53 heavy (non-hydrogen) atoms. The van der Waals surface area contributed by atoms with Crippen LogP contribution in [0.3, 0.4) is 0 Å². The molecule has 10 atom stereocenters. The van der Waals surface area contributed by atoms with Crippen molar-refractivity contribution < 1.29 is 32.0 Å². The highest BCUT2D eigenvalue weighted by Gasteiger charge is 2.54. The highest BCUT2D eigenvalue weighted by Crippen LogP contribution is 2.67. The predicted molar refractivity (Wildman–Crippen MR) is 207 cm³/mol. The van der Waals surface area contributed by atoms with Gasteiger partial charge in [-0.15, -0.1) is 0 Å². The lowest BCUT2D eigenvalue weighted by atomic mass is 10.1. The SMILES string of the molecule is Cc1ncnc2c1ncn2[C@@H]1O[C@@H]2COP(=S)(SCc3ccc(Cl)cc3Cl)O[C@@H]3[C@H](C)[C@H](O[C@H]3n3cnc4c(=O)n(C)cnc43)OP(=S)(S)O[C@H]2[C@H]1F. The summed E-state index contributed by atoms with van der Waals surface area (Å²) >= 11 is 30.5. The molecule has 4 aromatic heterocycles. The Hall–Kier alpha value is -1.61. The topological polar surface area (TPSA) is 152 Å². The largest absolute Gasteiger partial charge is 0.346 e. The van der Waals surface area contributed by atoms with Crippen LogP contribution in [-0.4, -0.2) is 76.0 Å². The zero-order chi connectivity index (χ0) is 37.4. The third kappa shape index (κ3) is 7.27. The summed E-state index contributed by atoms with van der Waals surface area (Å²) in [4.78, 5) is 34.5. The van der Waals surface area contributed by atoms with E-state index in [1.807, 2.05) is 6.92 Å². The molecule has 282 valence electrons. The number of halogens is 3. The quantitative estimate of drug-likeness (QED) is 0.152. The Kier molecular flexibility index (Phi) is 10.6. The van der Waals surface area contributed by atoms with Gasteiger partial charge in [0.05, 0.1) is 31.3 Å². The molecule has 0 spiro atoms. The monoisotopic (exact) mass is 880 g/mol. The summed E-state index contributed by atoms with van der Waals surface area (Å²) < 4.78 is 59.6. The minimum atomic E-state index is -3.57. The van der Waals surface area contributed by atoms with E-state index < -0.39 is 60.5 Å². The number of benzene rings is 1. The van der Waals surface area contributed by atoms with Gasteiger partial charge in [-0.1, -0.05) is 59.8 Å². The van der Waals surface area contributed by atoms with Gasteiger partial charge in [-0.25, -0.2) is 29.3 Å². The second kappa shape index (κ2) is 14.7. The molecule has 3 fully saturated rings. The van der Waals surface area contributed by atoms with Gasteiger partial charge < -0.3 is 27.6 Å². The van der Waals surface area contributed by atoms with E-state index in [2.05, 4.69) is 37.2 Å². The maximum Gasteiger partial charge on any atom is 0.281 e. The van der Waals surface area contributed by atoms with Crippen LogP contribution >= 0.6 is 58.2 Å². The van der Waals surface area contributed by atoms with E-state index in [0.29, 0.717) is 26.9 Å². The predicted octanol–water partition coefficient (Wildman–Crippen LogP) is 6.44. The average Bonchev–Trinajstić information content (AvgIpc) is 3.87. The smallest absolute Gasteiger partial charge is 0.281 e. The summed E-state index contributed by atoms with van der Waals surface area (Å²) in [6, 6.07) is 5.14. The number of thiol groups is 1. The van der Waals surface area contributed by atoms with Gasteiger partial charge in [-0.2, -0.15) is 0 Å². The molecule has 5 aromatic rings.